The number of carbonyl (C=O) groups is 1. The van der Waals surface area contributed by atoms with Gasteiger partial charge in [-0.05, 0) is 70.4 Å². The van der Waals surface area contributed by atoms with E-state index in [1.807, 2.05) is 32.1 Å². The average Bonchev–Trinajstić information content (AvgIpc) is 3.25. The van der Waals surface area contributed by atoms with Gasteiger partial charge in [0.1, 0.15) is 16.7 Å². The van der Waals surface area contributed by atoms with Crippen LogP contribution in [0.3, 0.4) is 0 Å². The Labute approximate surface area is 250 Å². The Hall–Kier alpha value is -3.49. The largest absolute Gasteiger partial charge is 0.744 e. The lowest BCUT2D eigenvalue weighted by molar-refractivity contribution is -0.438. The first kappa shape index (κ1) is 31.4. The fourth-order valence-corrected chi connectivity index (χ4v) is 6.76. The lowest BCUT2D eigenvalue weighted by atomic mass is 9.81. The molecular weight excluding hydrogens is 548 g/mol. The molecule has 7 nitrogen and oxygen atoms in total. The summed E-state index contributed by atoms with van der Waals surface area (Å²) in [6.45, 7) is 14.4. The molecule has 42 heavy (non-hydrogen) atoms. The minimum atomic E-state index is -4.59. The van der Waals surface area contributed by atoms with Gasteiger partial charge in [0, 0.05) is 53.9 Å². The molecule has 1 N–H and O–H groups in total. The van der Waals surface area contributed by atoms with Gasteiger partial charge in [0.25, 0.3) is 0 Å². The number of benzene rings is 2. The number of hydrogen-bond donors (Lipinski definition) is 1. The summed E-state index contributed by atoms with van der Waals surface area (Å²) in [5.74, 6) is -0.798. The molecular formula is C34H42N2O5S. The van der Waals surface area contributed by atoms with Gasteiger partial charge in [-0.15, -0.1) is 0 Å². The number of unbranched alkanes of at least 4 members (excludes halogenated alkanes) is 2. The number of anilines is 1. The average molecular weight is 591 g/mol. The first-order chi connectivity index (χ1) is 19.7. The van der Waals surface area contributed by atoms with Crippen LogP contribution in [0.2, 0.25) is 0 Å². The molecule has 0 saturated carbocycles. The molecule has 2 aromatic carbocycles. The van der Waals surface area contributed by atoms with E-state index >= 15 is 0 Å². The van der Waals surface area contributed by atoms with E-state index < -0.39 is 21.5 Å². The zero-order valence-electron chi connectivity index (χ0n) is 25.5. The van der Waals surface area contributed by atoms with Gasteiger partial charge in [-0.1, -0.05) is 49.8 Å². The first-order valence-electron chi connectivity index (χ1n) is 14.6. The van der Waals surface area contributed by atoms with Crippen molar-refractivity contribution < 1.29 is 27.4 Å². The summed E-state index contributed by atoms with van der Waals surface area (Å²) in [7, 11) is -4.59. The number of aryl methyl sites for hydroxylation is 1. The van der Waals surface area contributed by atoms with Crippen LogP contribution in [0.15, 0.2) is 77.4 Å². The third-order valence-electron chi connectivity index (χ3n) is 8.52. The molecule has 0 saturated heterocycles. The van der Waals surface area contributed by atoms with Crippen molar-refractivity contribution in [1.29, 1.82) is 0 Å². The molecule has 0 aromatic heterocycles. The monoisotopic (exact) mass is 590 g/mol. The number of carboxylic acids is 1. The standard InChI is InChI=1S/C34H42N2O5S/c1-7-35-28-19-17-24(2)22-26(28)33(3,4)30(35)14-10-8-11-15-31-34(5,6)27-23-25(42(39,40)41)18-20-29(27)36(31)21-13-9-12-16-32(37)38/h8,10-11,14-15,17-20,22-23H,7,9,12-13,16,21H2,1-6H3,(H-,37,38,39,40,41). The number of fused-ring (bicyclic) bond motifs is 2. The predicted molar refractivity (Wildman–Crippen MR) is 167 cm³/mol. The number of carboxylic acid groups (broad SMARTS) is 1. The molecule has 0 unspecified atom stereocenters. The highest BCUT2D eigenvalue weighted by molar-refractivity contribution is 7.85. The summed E-state index contributed by atoms with van der Waals surface area (Å²) >= 11 is 0. The normalized spacial score (nSPS) is 18.5. The molecule has 0 atom stereocenters. The van der Waals surface area contributed by atoms with Crippen molar-refractivity contribution in [3.8, 4) is 0 Å². The molecule has 8 heteroatoms. The summed E-state index contributed by atoms with van der Waals surface area (Å²) in [4.78, 5) is 13.0. The number of aliphatic carboxylic acids is 1. The Morgan fingerprint density at radius 3 is 2.38 bits per heavy atom. The maximum absolute atomic E-state index is 11.8. The molecule has 4 rings (SSSR count). The summed E-state index contributed by atoms with van der Waals surface area (Å²) in [6, 6.07) is 11.2. The van der Waals surface area contributed by atoms with E-state index in [1.165, 1.54) is 34.6 Å². The Morgan fingerprint density at radius 2 is 1.71 bits per heavy atom. The number of nitrogens with zero attached hydrogens (tertiary/aromatic N) is 2. The highest BCUT2D eigenvalue weighted by Crippen LogP contribution is 2.48. The maximum atomic E-state index is 11.8. The third-order valence-corrected chi connectivity index (χ3v) is 9.35. The lowest BCUT2D eigenvalue weighted by Gasteiger charge is -2.25. The van der Waals surface area contributed by atoms with E-state index in [0.29, 0.717) is 13.0 Å². The number of hydrogen-bond acceptors (Lipinski definition) is 5. The van der Waals surface area contributed by atoms with Crippen LogP contribution in [0.1, 0.15) is 77.0 Å². The smallest absolute Gasteiger partial charge is 0.303 e. The molecule has 0 spiro atoms. The Bertz CT molecular complexity index is 1610. The second-order valence-corrected chi connectivity index (χ2v) is 13.6. The van der Waals surface area contributed by atoms with Crippen molar-refractivity contribution in [3.63, 3.8) is 0 Å². The van der Waals surface area contributed by atoms with Crippen molar-refractivity contribution >= 4 is 33.2 Å². The Kier molecular flexibility index (Phi) is 9.00. The summed E-state index contributed by atoms with van der Waals surface area (Å²) in [5, 5.41) is 8.97. The van der Waals surface area contributed by atoms with Crippen LogP contribution < -0.4 is 4.90 Å². The minimum absolute atomic E-state index is 0.119. The fourth-order valence-electron chi connectivity index (χ4n) is 6.26. The molecule has 0 aliphatic carbocycles. The van der Waals surface area contributed by atoms with E-state index in [2.05, 4.69) is 67.5 Å². The first-order valence-corrected chi connectivity index (χ1v) is 16.0. The van der Waals surface area contributed by atoms with Gasteiger partial charge in [-0.3, -0.25) is 4.79 Å². The van der Waals surface area contributed by atoms with Gasteiger partial charge in [0.15, 0.2) is 5.71 Å². The van der Waals surface area contributed by atoms with E-state index in [4.69, 9.17) is 5.11 Å². The Balaban J connectivity index is 1.63. The molecule has 2 heterocycles. The third kappa shape index (κ3) is 6.15. The second kappa shape index (κ2) is 12.0. The lowest BCUT2D eigenvalue weighted by Crippen LogP contribution is -2.28. The number of rotatable bonds is 11. The van der Waals surface area contributed by atoms with E-state index in [9.17, 15) is 17.8 Å². The summed E-state index contributed by atoms with van der Waals surface area (Å²) < 4.78 is 37.5. The van der Waals surface area contributed by atoms with Gasteiger partial charge in [0.2, 0.25) is 5.69 Å². The molecule has 0 radical (unpaired) electrons. The van der Waals surface area contributed by atoms with Crippen molar-refractivity contribution in [2.24, 2.45) is 0 Å². The van der Waals surface area contributed by atoms with E-state index in [0.717, 1.165) is 36.3 Å². The van der Waals surface area contributed by atoms with Crippen LogP contribution in [-0.2, 0) is 25.7 Å². The zero-order valence-corrected chi connectivity index (χ0v) is 26.3. The van der Waals surface area contributed by atoms with Gasteiger partial charge in [0.05, 0.1) is 10.3 Å². The number of likely N-dealkylation sites (N-methyl/N-ethyl adjacent to an activating group) is 1. The van der Waals surface area contributed by atoms with Crippen molar-refractivity contribution in [2.45, 2.75) is 83.0 Å². The quantitative estimate of drug-likeness (QED) is 0.135. The summed E-state index contributed by atoms with van der Waals surface area (Å²) in [6.07, 6.45) is 12.6. The SMILES string of the molecule is CCN1/C(=C/C=C/C=C/C2=[N+](CCCCCC(=O)O)c3ccc(S(=O)(=O)[O-])cc3C2(C)C)C(C)(C)c2cc(C)ccc21. The molecule has 2 aromatic rings. The Morgan fingerprint density at radius 1 is 0.976 bits per heavy atom. The summed E-state index contributed by atoms with van der Waals surface area (Å²) in [5.41, 5.74) is 7.07. The van der Waals surface area contributed by atoms with Crippen molar-refractivity contribution in [1.82, 2.24) is 0 Å². The minimum Gasteiger partial charge on any atom is -0.744 e. The van der Waals surface area contributed by atoms with Crippen LogP contribution in [0, 0.1) is 6.92 Å². The van der Waals surface area contributed by atoms with Crippen LogP contribution in [0.4, 0.5) is 11.4 Å². The van der Waals surface area contributed by atoms with Crippen LogP contribution in [0.25, 0.3) is 0 Å². The predicted octanol–water partition coefficient (Wildman–Crippen LogP) is 6.73. The van der Waals surface area contributed by atoms with Gasteiger partial charge in [-0.2, -0.15) is 4.58 Å². The molecule has 0 fully saturated rings. The van der Waals surface area contributed by atoms with Crippen LogP contribution >= 0.6 is 0 Å². The maximum Gasteiger partial charge on any atom is 0.303 e. The molecule has 0 bridgehead atoms. The molecule has 224 valence electrons. The van der Waals surface area contributed by atoms with Gasteiger partial charge in [-0.25, -0.2) is 8.42 Å². The van der Waals surface area contributed by atoms with E-state index in [1.54, 1.807) is 6.07 Å². The molecule has 0 amide bonds. The number of allylic oxidation sites excluding steroid dienone is 6. The molecule has 2 aliphatic heterocycles. The van der Waals surface area contributed by atoms with Crippen molar-refractivity contribution in [3.05, 3.63) is 89.2 Å². The van der Waals surface area contributed by atoms with Crippen molar-refractivity contribution in [2.75, 3.05) is 18.0 Å². The van der Waals surface area contributed by atoms with Gasteiger partial charge < -0.3 is 14.6 Å². The second-order valence-electron chi connectivity index (χ2n) is 12.2. The topological polar surface area (TPSA) is 101 Å². The van der Waals surface area contributed by atoms with Crippen LogP contribution in [-0.4, -0.2) is 47.4 Å². The zero-order chi connectivity index (χ0) is 30.9. The van der Waals surface area contributed by atoms with E-state index in [-0.39, 0.29) is 16.7 Å². The molecule has 2 aliphatic rings. The van der Waals surface area contributed by atoms with Crippen LogP contribution in [0.5, 0.6) is 0 Å². The van der Waals surface area contributed by atoms with Gasteiger partial charge >= 0.3 is 5.97 Å². The highest BCUT2D eigenvalue weighted by Gasteiger charge is 2.44. The fraction of sp³-hybridized carbons (Fsp3) is 0.412. The highest BCUT2D eigenvalue weighted by atomic mass is 32.2.